The zero-order chi connectivity index (χ0) is 14.0. The number of anilines is 1. The third-order valence-corrected chi connectivity index (χ3v) is 3.95. The van der Waals surface area contributed by atoms with Crippen molar-refractivity contribution in [2.24, 2.45) is 0 Å². The number of nitrogens with zero attached hydrogens (tertiary/aromatic N) is 3. The van der Waals surface area contributed by atoms with Crippen LogP contribution in [0.5, 0.6) is 0 Å². The van der Waals surface area contributed by atoms with Gasteiger partial charge < -0.3 is 10.0 Å². The second kappa shape index (κ2) is 5.36. The van der Waals surface area contributed by atoms with Gasteiger partial charge in [0.1, 0.15) is 0 Å². The van der Waals surface area contributed by atoms with E-state index in [4.69, 9.17) is 0 Å². The highest BCUT2D eigenvalue weighted by Crippen LogP contribution is 2.26. The van der Waals surface area contributed by atoms with Gasteiger partial charge in [-0.15, -0.1) is 0 Å². The fraction of sp³-hybridized carbons (Fsp3) is 0.615. The summed E-state index contributed by atoms with van der Waals surface area (Å²) in [6.07, 6.45) is 1.44. The van der Waals surface area contributed by atoms with Crippen LogP contribution in [-0.4, -0.2) is 45.6 Å². The summed E-state index contributed by atoms with van der Waals surface area (Å²) in [5.74, 6) is 1.81. The fourth-order valence-corrected chi connectivity index (χ4v) is 2.92. The van der Waals surface area contributed by atoms with Crippen molar-refractivity contribution in [3.63, 3.8) is 0 Å². The molecule has 2 rings (SSSR count). The van der Waals surface area contributed by atoms with Gasteiger partial charge in [-0.25, -0.2) is 14.8 Å². The van der Waals surface area contributed by atoms with E-state index in [2.05, 4.69) is 14.9 Å². The van der Waals surface area contributed by atoms with Gasteiger partial charge in [-0.3, -0.25) is 0 Å². The van der Waals surface area contributed by atoms with E-state index in [-0.39, 0.29) is 11.0 Å². The molecule has 19 heavy (non-hydrogen) atoms. The number of rotatable bonds is 2. The first-order valence-corrected chi connectivity index (χ1v) is 7.48. The molecule has 104 valence electrons. The van der Waals surface area contributed by atoms with Crippen LogP contribution in [-0.2, 0) is 5.41 Å². The molecule has 0 spiro atoms. The van der Waals surface area contributed by atoms with Crippen molar-refractivity contribution in [3.8, 4) is 0 Å². The minimum Gasteiger partial charge on any atom is -0.478 e. The standard InChI is InChI=1S/C13H19N3O2S/c1-13(2,3)10-9(11(17)18)8-14-12(15-10)16-4-6-19-7-5-16/h8H,4-7H2,1-3H3,(H,17,18). The number of hydrogen-bond donors (Lipinski definition) is 1. The summed E-state index contributed by atoms with van der Waals surface area (Å²) in [4.78, 5) is 22.1. The SMILES string of the molecule is CC(C)(C)c1nc(N2CCSCC2)ncc1C(=O)O. The second-order valence-corrected chi connectivity index (χ2v) is 6.81. The lowest BCUT2D eigenvalue weighted by Crippen LogP contribution is -2.34. The number of hydrogen-bond acceptors (Lipinski definition) is 5. The van der Waals surface area contributed by atoms with Gasteiger partial charge in [0.15, 0.2) is 0 Å². The molecular weight excluding hydrogens is 262 g/mol. The molecule has 5 nitrogen and oxygen atoms in total. The van der Waals surface area contributed by atoms with E-state index in [0.717, 1.165) is 24.6 Å². The number of aromatic nitrogens is 2. The Balaban J connectivity index is 2.40. The van der Waals surface area contributed by atoms with E-state index in [1.54, 1.807) is 0 Å². The molecule has 1 aliphatic heterocycles. The van der Waals surface area contributed by atoms with Crippen LogP contribution in [0.4, 0.5) is 5.95 Å². The minimum atomic E-state index is -0.967. The molecule has 0 bridgehead atoms. The summed E-state index contributed by atoms with van der Waals surface area (Å²) in [7, 11) is 0. The molecule has 2 heterocycles. The maximum Gasteiger partial charge on any atom is 0.339 e. The monoisotopic (exact) mass is 281 g/mol. The summed E-state index contributed by atoms with van der Waals surface area (Å²) >= 11 is 1.92. The van der Waals surface area contributed by atoms with E-state index in [0.29, 0.717) is 11.6 Å². The molecule has 6 heteroatoms. The van der Waals surface area contributed by atoms with Crippen molar-refractivity contribution in [1.82, 2.24) is 9.97 Å². The molecule has 0 aliphatic carbocycles. The molecule has 1 fully saturated rings. The van der Waals surface area contributed by atoms with Crippen LogP contribution in [0.2, 0.25) is 0 Å². The Hall–Kier alpha value is -1.30. The number of aromatic carboxylic acids is 1. The number of thioether (sulfide) groups is 1. The lowest BCUT2D eigenvalue weighted by Gasteiger charge is -2.28. The molecule has 0 unspecified atom stereocenters. The van der Waals surface area contributed by atoms with Crippen molar-refractivity contribution in [3.05, 3.63) is 17.5 Å². The van der Waals surface area contributed by atoms with E-state index in [1.165, 1.54) is 6.20 Å². The van der Waals surface area contributed by atoms with E-state index in [1.807, 2.05) is 32.5 Å². The van der Waals surface area contributed by atoms with Gasteiger partial charge in [-0.2, -0.15) is 11.8 Å². The van der Waals surface area contributed by atoms with Crippen molar-refractivity contribution < 1.29 is 9.90 Å². The molecule has 1 aromatic heterocycles. The highest BCUT2D eigenvalue weighted by Gasteiger charge is 2.26. The van der Waals surface area contributed by atoms with Crippen molar-refractivity contribution in [2.45, 2.75) is 26.2 Å². The van der Waals surface area contributed by atoms with Gasteiger partial charge in [0.25, 0.3) is 0 Å². The van der Waals surface area contributed by atoms with Crippen LogP contribution >= 0.6 is 11.8 Å². The van der Waals surface area contributed by atoms with Gasteiger partial charge in [-0.05, 0) is 0 Å². The van der Waals surface area contributed by atoms with Crippen LogP contribution in [0.1, 0.15) is 36.8 Å². The van der Waals surface area contributed by atoms with E-state index in [9.17, 15) is 9.90 Å². The molecule has 0 aromatic carbocycles. The summed E-state index contributed by atoms with van der Waals surface area (Å²) in [6, 6.07) is 0. The Morgan fingerprint density at radius 1 is 1.37 bits per heavy atom. The lowest BCUT2D eigenvalue weighted by atomic mass is 9.89. The average Bonchev–Trinajstić information content (AvgIpc) is 2.38. The van der Waals surface area contributed by atoms with Crippen LogP contribution in [0.25, 0.3) is 0 Å². The maximum atomic E-state index is 11.3. The molecule has 0 atom stereocenters. The molecular formula is C13H19N3O2S. The van der Waals surface area contributed by atoms with Gasteiger partial charge >= 0.3 is 5.97 Å². The predicted molar refractivity (Wildman–Crippen MR) is 77.2 cm³/mol. The third kappa shape index (κ3) is 3.18. The van der Waals surface area contributed by atoms with Gasteiger partial charge in [0, 0.05) is 36.2 Å². The average molecular weight is 281 g/mol. The Kier molecular flexibility index (Phi) is 3.99. The normalized spacial score (nSPS) is 16.5. The largest absolute Gasteiger partial charge is 0.478 e. The Morgan fingerprint density at radius 3 is 2.53 bits per heavy atom. The minimum absolute atomic E-state index is 0.197. The molecule has 1 aromatic rings. The first-order chi connectivity index (χ1) is 8.89. The number of carboxylic acids is 1. The quantitative estimate of drug-likeness (QED) is 0.894. The maximum absolute atomic E-state index is 11.3. The Bertz CT molecular complexity index is 479. The zero-order valence-corrected chi connectivity index (χ0v) is 12.3. The highest BCUT2D eigenvalue weighted by molar-refractivity contribution is 7.99. The summed E-state index contributed by atoms with van der Waals surface area (Å²) in [5, 5.41) is 9.23. The van der Waals surface area contributed by atoms with E-state index < -0.39 is 5.97 Å². The number of carboxylic acid groups (broad SMARTS) is 1. The van der Waals surface area contributed by atoms with Gasteiger partial charge in [0.2, 0.25) is 5.95 Å². The summed E-state index contributed by atoms with van der Waals surface area (Å²) in [5.41, 5.74) is 0.488. The van der Waals surface area contributed by atoms with Gasteiger partial charge in [-0.1, -0.05) is 20.8 Å². The second-order valence-electron chi connectivity index (χ2n) is 5.59. The fourth-order valence-electron chi connectivity index (χ4n) is 2.02. The van der Waals surface area contributed by atoms with Crippen molar-refractivity contribution >= 4 is 23.7 Å². The highest BCUT2D eigenvalue weighted by atomic mass is 32.2. The first kappa shape index (κ1) is 14.1. The Labute approximate surface area is 117 Å². The zero-order valence-electron chi connectivity index (χ0n) is 11.5. The van der Waals surface area contributed by atoms with Crippen LogP contribution in [0.3, 0.4) is 0 Å². The molecule has 1 saturated heterocycles. The smallest absolute Gasteiger partial charge is 0.339 e. The van der Waals surface area contributed by atoms with Crippen LogP contribution in [0, 0.1) is 0 Å². The third-order valence-electron chi connectivity index (χ3n) is 3.01. The molecule has 0 amide bonds. The van der Waals surface area contributed by atoms with Crippen LogP contribution < -0.4 is 4.90 Å². The topological polar surface area (TPSA) is 66.3 Å². The molecule has 0 radical (unpaired) electrons. The summed E-state index contributed by atoms with van der Waals surface area (Å²) < 4.78 is 0. The predicted octanol–water partition coefficient (Wildman–Crippen LogP) is 2.03. The van der Waals surface area contributed by atoms with Crippen molar-refractivity contribution in [1.29, 1.82) is 0 Å². The van der Waals surface area contributed by atoms with Gasteiger partial charge in [0.05, 0.1) is 11.3 Å². The Morgan fingerprint density at radius 2 is 2.00 bits per heavy atom. The number of carbonyl (C=O) groups is 1. The lowest BCUT2D eigenvalue weighted by molar-refractivity contribution is 0.0693. The first-order valence-electron chi connectivity index (χ1n) is 6.33. The molecule has 1 N–H and O–H groups in total. The van der Waals surface area contributed by atoms with Crippen molar-refractivity contribution in [2.75, 3.05) is 29.5 Å². The molecule has 1 aliphatic rings. The molecule has 0 saturated carbocycles. The summed E-state index contributed by atoms with van der Waals surface area (Å²) in [6.45, 7) is 7.74. The van der Waals surface area contributed by atoms with Crippen LogP contribution in [0.15, 0.2) is 6.20 Å². The van der Waals surface area contributed by atoms with E-state index >= 15 is 0 Å².